The van der Waals surface area contributed by atoms with Crippen molar-refractivity contribution in [2.45, 2.75) is 13.3 Å². The van der Waals surface area contributed by atoms with Crippen LogP contribution in [0.5, 0.6) is 0 Å². The monoisotopic (exact) mass is 260 g/mol. The molecular formula is C14H16N2O3. The summed E-state index contributed by atoms with van der Waals surface area (Å²) in [6.07, 6.45) is 5.22. The van der Waals surface area contributed by atoms with Gasteiger partial charge in [-0.15, -0.1) is 6.58 Å². The molecule has 100 valence electrons. The summed E-state index contributed by atoms with van der Waals surface area (Å²) in [4.78, 5) is 29.4. The number of carbonyl (C=O) groups excluding carboxylic acids is 2. The Balaban J connectivity index is 2.32. The zero-order valence-electron chi connectivity index (χ0n) is 10.8. The predicted octanol–water partition coefficient (Wildman–Crippen LogP) is 1.80. The van der Waals surface area contributed by atoms with Crippen LogP contribution in [-0.4, -0.2) is 30.0 Å². The normalized spacial score (nSPS) is 18.5. The Labute approximate surface area is 111 Å². The van der Waals surface area contributed by atoms with Gasteiger partial charge in [0.05, 0.1) is 24.1 Å². The number of anilines is 1. The molecule has 5 heteroatoms. The molecule has 0 aromatic carbocycles. The topological polar surface area (TPSA) is 59.5 Å². The molecule has 0 radical (unpaired) electrons. The third-order valence-electron chi connectivity index (χ3n) is 3.07. The Morgan fingerprint density at radius 3 is 3.11 bits per heavy atom. The van der Waals surface area contributed by atoms with Gasteiger partial charge in [-0.2, -0.15) is 0 Å². The summed E-state index contributed by atoms with van der Waals surface area (Å²) < 4.78 is 4.99. The van der Waals surface area contributed by atoms with E-state index in [9.17, 15) is 9.59 Å². The van der Waals surface area contributed by atoms with E-state index in [1.165, 1.54) is 12.4 Å². The molecule has 2 rings (SSSR count). The van der Waals surface area contributed by atoms with Crippen LogP contribution in [0.3, 0.4) is 0 Å². The van der Waals surface area contributed by atoms with Gasteiger partial charge >= 0.3 is 5.97 Å². The van der Waals surface area contributed by atoms with E-state index >= 15 is 0 Å². The minimum atomic E-state index is -0.435. The van der Waals surface area contributed by atoms with Crippen LogP contribution in [0.4, 0.5) is 5.69 Å². The van der Waals surface area contributed by atoms with Crippen LogP contribution in [0.1, 0.15) is 23.7 Å². The fraction of sp³-hybridized carbons (Fsp3) is 0.357. The number of hydrogen-bond donors (Lipinski definition) is 0. The van der Waals surface area contributed by atoms with Gasteiger partial charge in [-0.3, -0.25) is 9.78 Å². The van der Waals surface area contributed by atoms with Gasteiger partial charge in [0.25, 0.3) is 0 Å². The van der Waals surface area contributed by atoms with Crippen molar-refractivity contribution in [3.63, 3.8) is 0 Å². The summed E-state index contributed by atoms with van der Waals surface area (Å²) >= 11 is 0. The number of aromatic nitrogens is 1. The number of pyridine rings is 1. The Kier molecular flexibility index (Phi) is 3.94. The third-order valence-corrected chi connectivity index (χ3v) is 3.07. The molecule has 1 aromatic rings. The largest absolute Gasteiger partial charge is 0.462 e. The third kappa shape index (κ3) is 2.65. The first-order valence-corrected chi connectivity index (χ1v) is 6.21. The molecule has 0 saturated carbocycles. The highest BCUT2D eigenvalue weighted by Crippen LogP contribution is 2.28. The maximum Gasteiger partial charge on any atom is 0.340 e. The van der Waals surface area contributed by atoms with E-state index in [1.807, 2.05) is 0 Å². The number of nitrogens with zero attached hydrogens (tertiary/aromatic N) is 2. The zero-order chi connectivity index (χ0) is 13.8. The molecule has 0 bridgehead atoms. The molecular weight excluding hydrogens is 244 g/mol. The average molecular weight is 260 g/mol. The van der Waals surface area contributed by atoms with Gasteiger partial charge in [0, 0.05) is 25.1 Å². The number of ether oxygens (including phenoxy) is 1. The molecule has 1 aliphatic heterocycles. The quantitative estimate of drug-likeness (QED) is 0.612. The van der Waals surface area contributed by atoms with Crippen molar-refractivity contribution in [1.82, 2.24) is 4.98 Å². The molecule has 0 spiro atoms. The fourth-order valence-electron chi connectivity index (χ4n) is 2.11. The first kappa shape index (κ1) is 13.3. The Morgan fingerprint density at radius 1 is 1.68 bits per heavy atom. The van der Waals surface area contributed by atoms with Crippen LogP contribution >= 0.6 is 0 Å². The molecule has 0 aliphatic carbocycles. The van der Waals surface area contributed by atoms with E-state index in [0.717, 1.165) is 0 Å². The van der Waals surface area contributed by atoms with Crippen molar-refractivity contribution >= 4 is 17.6 Å². The average Bonchev–Trinajstić information content (AvgIpc) is 2.80. The van der Waals surface area contributed by atoms with Crippen molar-refractivity contribution in [2.24, 2.45) is 5.92 Å². The number of esters is 1. The van der Waals surface area contributed by atoms with Crippen molar-refractivity contribution in [3.8, 4) is 0 Å². The van der Waals surface area contributed by atoms with Crippen LogP contribution < -0.4 is 4.90 Å². The maximum atomic E-state index is 12.0. The van der Waals surface area contributed by atoms with E-state index in [4.69, 9.17) is 4.74 Å². The minimum Gasteiger partial charge on any atom is -0.462 e. The summed E-state index contributed by atoms with van der Waals surface area (Å²) in [5.41, 5.74) is 0.880. The smallest absolute Gasteiger partial charge is 0.340 e. The lowest BCUT2D eigenvalue weighted by Crippen LogP contribution is -2.27. The van der Waals surface area contributed by atoms with E-state index < -0.39 is 5.97 Å². The lowest BCUT2D eigenvalue weighted by Gasteiger charge is -2.18. The van der Waals surface area contributed by atoms with Gasteiger partial charge in [-0.05, 0) is 13.0 Å². The molecule has 1 aliphatic rings. The van der Waals surface area contributed by atoms with Crippen LogP contribution in [0.2, 0.25) is 0 Å². The van der Waals surface area contributed by atoms with Crippen molar-refractivity contribution in [2.75, 3.05) is 18.1 Å². The van der Waals surface area contributed by atoms with E-state index in [-0.39, 0.29) is 11.8 Å². The van der Waals surface area contributed by atoms with Gasteiger partial charge in [-0.1, -0.05) is 6.08 Å². The first-order chi connectivity index (χ1) is 9.17. The summed E-state index contributed by atoms with van der Waals surface area (Å²) in [5.74, 6) is -0.346. The second-order valence-electron chi connectivity index (χ2n) is 4.32. The number of rotatable bonds is 4. The van der Waals surface area contributed by atoms with Crippen LogP contribution in [0.25, 0.3) is 0 Å². The van der Waals surface area contributed by atoms with Gasteiger partial charge in [0.1, 0.15) is 0 Å². The molecule has 1 amide bonds. The van der Waals surface area contributed by atoms with Gasteiger partial charge in [0.2, 0.25) is 5.91 Å². The Hall–Kier alpha value is -2.17. The summed E-state index contributed by atoms with van der Waals surface area (Å²) in [5, 5.41) is 0. The molecule has 19 heavy (non-hydrogen) atoms. The molecule has 2 heterocycles. The number of carbonyl (C=O) groups is 2. The standard InChI is InChI=1S/C14H16N2O3/c1-3-10-7-13(17)16(9-10)12-8-15-6-5-11(12)14(18)19-4-2/h3,5-6,8,10H,1,4,7,9H2,2H3. The highest BCUT2D eigenvalue weighted by Gasteiger charge is 2.31. The molecule has 1 fully saturated rings. The summed E-state index contributed by atoms with van der Waals surface area (Å²) in [6, 6.07) is 1.57. The second kappa shape index (κ2) is 5.65. The van der Waals surface area contributed by atoms with E-state index in [0.29, 0.717) is 30.8 Å². The predicted molar refractivity (Wildman–Crippen MR) is 70.9 cm³/mol. The highest BCUT2D eigenvalue weighted by atomic mass is 16.5. The van der Waals surface area contributed by atoms with E-state index in [1.54, 1.807) is 24.0 Å². The van der Waals surface area contributed by atoms with Crippen molar-refractivity contribution in [3.05, 3.63) is 36.7 Å². The summed E-state index contributed by atoms with van der Waals surface area (Å²) in [6.45, 7) is 6.27. The fourth-order valence-corrected chi connectivity index (χ4v) is 2.11. The lowest BCUT2D eigenvalue weighted by atomic mass is 10.1. The van der Waals surface area contributed by atoms with E-state index in [2.05, 4.69) is 11.6 Å². The van der Waals surface area contributed by atoms with Gasteiger partial charge in [0.15, 0.2) is 0 Å². The minimum absolute atomic E-state index is 0.0246. The molecule has 1 saturated heterocycles. The van der Waals surface area contributed by atoms with Gasteiger partial charge in [-0.25, -0.2) is 4.79 Å². The second-order valence-corrected chi connectivity index (χ2v) is 4.32. The molecule has 0 N–H and O–H groups in total. The number of hydrogen-bond acceptors (Lipinski definition) is 4. The lowest BCUT2D eigenvalue weighted by molar-refractivity contribution is -0.117. The van der Waals surface area contributed by atoms with Crippen LogP contribution in [-0.2, 0) is 9.53 Å². The zero-order valence-corrected chi connectivity index (χ0v) is 10.8. The highest BCUT2D eigenvalue weighted by molar-refractivity contribution is 6.03. The SMILES string of the molecule is C=CC1CC(=O)N(c2cnccc2C(=O)OCC)C1. The summed E-state index contributed by atoms with van der Waals surface area (Å²) in [7, 11) is 0. The van der Waals surface area contributed by atoms with Gasteiger partial charge < -0.3 is 9.64 Å². The molecule has 1 unspecified atom stereocenters. The maximum absolute atomic E-state index is 12.0. The van der Waals surface area contributed by atoms with Crippen molar-refractivity contribution < 1.29 is 14.3 Å². The molecule has 1 aromatic heterocycles. The molecule has 1 atom stereocenters. The number of amides is 1. The van der Waals surface area contributed by atoms with Crippen molar-refractivity contribution in [1.29, 1.82) is 0 Å². The Morgan fingerprint density at radius 2 is 2.47 bits per heavy atom. The molecule has 5 nitrogen and oxygen atoms in total. The first-order valence-electron chi connectivity index (χ1n) is 6.21. The van der Waals surface area contributed by atoms with Crippen LogP contribution in [0.15, 0.2) is 31.1 Å². The van der Waals surface area contributed by atoms with Crippen LogP contribution in [0, 0.1) is 5.92 Å². The Bertz CT molecular complexity index is 513.